The highest BCUT2D eigenvalue weighted by molar-refractivity contribution is 6.01. The van der Waals surface area contributed by atoms with E-state index >= 15 is 4.39 Å². The van der Waals surface area contributed by atoms with E-state index in [1.807, 2.05) is 13.8 Å². The Morgan fingerprint density at radius 1 is 0.857 bits per heavy atom. The van der Waals surface area contributed by atoms with Crippen LogP contribution in [-0.2, 0) is 15.8 Å². The Morgan fingerprint density at radius 3 is 1.94 bits per heavy atom. The number of hydrogen-bond acceptors (Lipinski definition) is 4. The molecular formula is C34H44F7N5O3. The standard InChI is InChI=1S/C34H44F7N5O3/c1-18(2)46-26(14-15-42-46)32(48)44-28(27(20-10-6-4-7-11-20)21-12-8-5-9-13-21)33(49)43-25-17-23(34(39,40)41)22(16-24(25)35)19(3)31(47)45-30(38)29(36)37/h14-21,27-30H,4-13H2,1-3H3,(H,43,49)(H,44,48)(H,45,47)/t19?,28-,30?/m0/s1. The molecule has 8 nitrogen and oxygen atoms in total. The molecule has 2 saturated carbocycles. The first-order chi connectivity index (χ1) is 23.1. The Balaban J connectivity index is 1.73. The van der Waals surface area contributed by atoms with Crippen molar-refractivity contribution in [3.05, 3.63) is 47.0 Å². The number of halogens is 7. The normalized spacial score (nSPS) is 18.4. The van der Waals surface area contributed by atoms with Gasteiger partial charge in [0.2, 0.25) is 18.1 Å². The summed E-state index contributed by atoms with van der Waals surface area (Å²) in [6.07, 6.45) is -1.55. The third-order valence-electron chi connectivity index (χ3n) is 9.80. The van der Waals surface area contributed by atoms with Crippen LogP contribution in [0.3, 0.4) is 0 Å². The van der Waals surface area contributed by atoms with Crippen molar-refractivity contribution in [1.82, 2.24) is 20.4 Å². The number of hydrogen-bond donors (Lipinski definition) is 3. The largest absolute Gasteiger partial charge is 0.416 e. The Morgan fingerprint density at radius 2 is 1.43 bits per heavy atom. The Kier molecular flexibility index (Phi) is 12.7. The Labute approximate surface area is 281 Å². The highest BCUT2D eigenvalue weighted by Crippen LogP contribution is 2.43. The van der Waals surface area contributed by atoms with E-state index in [1.54, 1.807) is 0 Å². The minimum Gasteiger partial charge on any atom is -0.339 e. The fraction of sp³-hybridized carbons (Fsp3) is 0.647. The SMILES string of the molecule is CC(C(=O)NC(F)C(F)F)c1cc(F)c(NC(=O)[C@@H](NC(=O)c2ccnn2C(C)C)C(C2CCCCC2)C2CCCCC2)cc1C(F)(F)F. The predicted octanol–water partition coefficient (Wildman–Crippen LogP) is 7.92. The molecule has 0 aliphatic heterocycles. The van der Waals surface area contributed by atoms with Crippen LogP contribution in [0.2, 0.25) is 0 Å². The second-order valence-electron chi connectivity index (χ2n) is 13.5. The molecule has 2 aliphatic rings. The smallest absolute Gasteiger partial charge is 0.339 e. The first-order valence-electron chi connectivity index (χ1n) is 16.9. The molecule has 3 amide bonds. The van der Waals surface area contributed by atoms with Crippen LogP contribution in [0.4, 0.5) is 36.4 Å². The summed E-state index contributed by atoms with van der Waals surface area (Å²) < 4.78 is 98.7. The highest BCUT2D eigenvalue weighted by atomic mass is 19.4. The van der Waals surface area contributed by atoms with E-state index in [-0.39, 0.29) is 29.5 Å². The Bertz CT molecular complexity index is 1430. The van der Waals surface area contributed by atoms with Crippen molar-refractivity contribution in [2.75, 3.05) is 5.32 Å². The van der Waals surface area contributed by atoms with E-state index in [1.165, 1.54) is 22.3 Å². The molecule has 1 aromatic heterocycles. The predicted molar refractivity (Wildman–Crippen MR) is 168 cm³/mol. The fourth-order valence-corrected chi connectivity index (χ4v) is 7.39. The molecule has 2 aliphatic carbocycles. The summed E-state index contributed by atoms with van der Waals surface area (Å²) in [6, 6.07) is 0.781. The molecule has 2 unspecified atom stereocenters. The maximum absolute atomic E-state index is 15.6. The lowest BCUT2D eigenvalue weighted by atomic mass is 9.66. The molecule has 3 atom stereocenters. The third kappa shape index (κ3) is 9.33. The lowest BCUT2D eigenvalue weighted by molar-refractivity contribution is -0.138. The molecule has 2 fully saturated rings. The van der Waals surface area contributed by atoms with Crippen molar-refractivity contribution in [1.29, 1.82) is 0 Å². The average molecular weight is 704 g/mol. The molecule has 1 heterocycles. The van der Waals surface area contributed by atoms with E-state index in [0.29, 0.717) is 12.1 Å². The number of anilines is 1. The second-order valence-corrected chi connectivity index (χ2v) is 13.5. The van der Waals surface area contributed by atoms with Crippen molar-refractivity contribution in [3.63, 3.8) is 0 Å². The van der Waals surface area contributed by atoms with E-state index in [2.05, 4.69) is 15.7 Å². The average Bonchev–Trinajstić information content (AvgIpc) is 3.56. The van der Waals surface area contributed by atoms with Gasteiger partial charge in [-0.05, 0) is 62.3 Å². The maximum atomic E-state index is 15.6. The van der Waals surface area contributed by atoms with Gasteiger partial charge in [-0.2, -0.15) is 18.3 Å². The number of carbonyl (C=O) groups excluding carboxylic acids is 3. The van der Waals surface area contributed by atoms with Gasteiger partial charge in [-0.25, -0.2) is 17.6 Å². The van der Waals surface area contributed by atoms with E-state index in [0.717, 1.165) is 71.1 Å². The molecule has 4 rings (SSSR count). The van der Waals surface area contributed by atoms with Gasteiger partial charge in [0.15, 0.2) is 0 Å². The van der Waals surface area contributed by atoms with Gasteiger partial charge >= 0.3 is 6.18 Å². The number of nitrogens with zero attached hydrogens (tertiary/aromatic N) is 2. The molecule has 0 spiro atoms. The Hall–Kier alpha value is -3.65. The summed E-state index contributed by atoms with van der Waals surface area (Å²) in [7, 11) is 0. The lowest BCUT2D eigenvalue weighted by Gasteiger charge is -2.42. The van der Waals surface area contributed by atoms with Crippen LogP contribution in [0, 0.1) is 23.6 Å². The van der Waals surface area contributed by atoms with Crippen molar-refractivity contribution >= 4 is 23.4 Å². The summed E-state index contributed by atoms with van der Waals surface area (Å²) in [6.45, 7) is 4.54. The van der Waals surface area contributed by atoms with Gasteiger partial charge in [0.1, 0.15) is 17.6 Å². The topological polar surface area (TPSA) is 105 Å². The summed E-state index contributed by atoms with van der Waals surface area (Å²) >= 11 is 0. The number of nitrogens with one attached hydrogen (secondary N) is 3. The van der Waals surface area contributed by atoms with Crippen molar-refractivity contribution in [3.8, 4) is 0 Å². The molecule has 2 aromatic rings. The molecular weight excluding hydrogens is 659 g/mol. The monoisotopic (exact) mass is 703 g/mol. The zero-order chi connectivity index (χ0) is 36.0. The van der Waals surface area contributed by atoms with Gasteiger partial charge in [-0.3, -0.25) is 19.1 Å². The van der Waals surface area contributed by atoms with E-state index < -0.39 is 71.2 Å². The number of amides is 3. The molecule has 3 N–H and O–H groups in total. The van der Waals surface area contributed by atoms with Crippen LogP contribution in [-0.4, -0.2) is 46.3 Å². The zero-order valence-corrected chi connectivity index (χ0v) is 27.8. The first kappa shape index (κ1) is 38.2. The van der Waals surface area contributed by atoms with Crippen molar-refractivity contribution in [2.45, 2.75) is 122 Å². The van der Waals surface area contributed by atoms with Crippen molar-refractivity contribution < 1.29 is 45.1 Å². The number of rotatable bonds is 12. The lowest BCUT2D eigenvalue weighted by Crippen LogP contribution is -2.53. The molecule has 0 bridgehead atoms. The van der Waals surface area contributed by atoms with Crippen LogP contribution in [0.25, 0.3) is 0 Å². The van der Waals surface area contributed by atoms with Crippen LogP contribution < -0.4 is 16.0 Å². The second kappa shape index (κ2) is 16.4. The van der Waals surface area contributed by atoms with Gasteiger partial charge < -0.3 is 16.0 Å². The van der Waals surface area contributed by atoms with Crippen LogP contribution in [0.15, 0.2) is 24.4 Å². The molecule has 15 heteroatoms. The number of aromatic nitrogens is 2. The first-order valence-corrected chi connectivity index (χ1v) is 16.9. The van der Waals surface area contributed by atoms with Gasteiger partial charge in [0.25, 0.3) is 12.3 Å². The van der Waals surface area contributed by atoms with E-state index in [4.69, 9.17) is 0 Å². The summed E-state index contributed by atoms with van der Waals surface area (Å²) in [4.78, 5) is 40.3. The van der Waals surface area contributed by atoms with Gasteiger partial charge in [0, 0.05) is 12.2 Å². The summed E-state index contributed by atoms with van der Waals surface area (Å²) in [5, 5.41) is 10.6. The van der Waals surface area contributed by atoms with Gasteiger partial charge in [-0.1, -0.05) is 64.2 Å². The third-order valence-corrected chi connectivity index (χ3v) is 9.80. The molecule has 0 radical (unpaired) electrons. The van der Waals surface area contributed by atoms with Gasteiger partial charge in [-0.15, -0.1) is 0 Å². The molecule has 49 heavy (non-hydrogen) atoms. The van der Waals surface area contributed by atoms with Crippen molar-refractivity contribution in [2.24, 2.45) is 17.8 Å². The number of carbonyl (C=O) groups is 3. The van der Waals surface area contributed by atoms with Gasteiger partial charge in [0.05, 0.1) is 17.2 Å². The van der Waals surface area contributed by atoms with E-state index in [9.17, 15) is 40.7 Å². The summed E-state index contributed by atoms with van der Waals surface area (Å²) in [5.41, 5.74) is -3.11. The number of alkyl halides is 6. The van der Waals surface area contributed by atoms with Crippen LogP contribution in [0.5, 0.6) is 0 Å². The maximum Gasteiger partial charge on any atom is 0.416 e. The highest BCUT2D eigenvalue weighted by Gasteiger charge is 2.43. The zero-order valence-electron chi connectivity index (χ0n) is 27.8. The minimum absolute atomic E-state index is 0.0350. The van der Waals surface area contributed by atoms with Crippen LogP contribution in [0.1, 0.15) is 119 Å². The quantitative estimate of drug-likeness (QED) is 0.154. The minimum atomic E-state index is -5.18. The molecule has 0 saturated heterocycles. The fourth-order valence-electron chi connectivity index (χ4n) is 7.39. The molecule has 272 valence electrons. The summed E-state index contributed by atoms with van der Waals surface area (Å²) in [5.74, 6) is -6.54. The number of benzene rings is 1. The molecule has 1 aromatic carbocycles. The van der Waals surface area contributed by atoms with Crippen LogP contribution >= 0.6 is 0 Å².